The summed E-state index contributed by atoms with van der Waals surface area (Å²) in [6.45, 7) is 6.12. The van der Waals surface area contributed by atoms with Gasteiger partial charge in [0.15, 0.2) is 0 Å². The molecule has 0 bridgehead atoms. The van der Waals surface area contributed by atoms with Crippen LogP contribution in [-0.4, -0.2) is 4.98 Å². The van der Waals surface area contributed by atoms with Gasteiger partial charge in [0, 0.05) is 16.6 Å². The van der Waals surface area contributed by atoms with Gasteiger partial charge in [-0.3, -0.25) is 0 Å². The summed E-state index contributed by atoms with van der Waals surface area (Å²) in [7, 11) is 0. The third-order valence-corrected chi connectivity index (χ3v) is 2.85. The number of rotatable bonds is 1. The normalized spacial score (nSPS) is 14.9. The molecule has 0 spiro atoms. The maximum atomic E-state index is 3.38. The topological polar surface area (TPSA) is 15.8 Å². The second kappa shape index (κ2) is 4.09. The lowest BCUT2D eigenvalue weighted by molar-refractivity contribution is 1.15. The van der Waals surface area contributed by atoms with Crippen molar-refractivity contribution in [1.82, 2.24) is 4.98 Å². The fraction of sp³-hybridized carbons (Fsp3) is 0.429. The van der Waals surface area contributed by atoms with E-state index in [1.54, 1.807) is 5.56 Å². The zero-order valence-electron chi connectivity index (χ0n) is 9.80. The highest BCUT2D eigenvalue weighted by Crippen LogP contribution is 2.43. The Hall–Kier alpha value is -1.24. The van der Waals surface area contributed by atoms with Gasteiger partial charge in [0.1, 0.15) is 0 Å². The second-order valence-corrected chi connectivity index (χ2v) is 4.04. The molecule has 1 aromatic carbocycles. The van der Waals surface area contributed by atoms with E-state index < -0.39 is 0 Å². The van der Waals surface area contributed by atoms with Gasteiger partial charge in [-0.25, -0.2) is 0 Å². The number of H-pyrrole nitrogens is 1. The first-order valence-corrected chi connectivity index (χ1v) is 5.93. The quantitative estimate of drug-likeness (QED) is 0.704. The monoisotopic (exact) mass is 201 g/mol. The largest absolute Gasteiger partial charge is 0.359 e. The van der Waals surface area contributed by atoms with E-state index in [1.165, 1.54) is 29.4 Å². The van der Waals surface area contributed by atoms with Crippen LogP contribution < -0.4 is 0 Å². The number of benzene rings is 1. The number of nitrogens with one attached hydrogen (secondary N) is 1. The van der Waals surface area contributed by atoms with E-state index >= 15 is 0 Å². The Morgan fingerprint density at radius 1 is 1.20 bits per heavy atom. The zero-order valence-corrected chi connectivity index (χ0v) is 9.80. The predicted molar refractivity (Wildman–Crippen MR) is 66.4 cm³/mol. The Morgan fingerprint density at radius 3 is 2.60 bits per heavy atom. The second-order valence-electron chi connectivity index (χ2n) is 4.04. The molecular formula is C14H19N. The Balaban J connectivity index is 0.000000404. The molecular weight excluding hydrogens is 182 g/mol. The molecule has 1 heteroatoms. The molecule has 1 aliphatic carbocycles. The van der Waals surface area contributed by atoms with Crippen LogP contribution in [0.1, 0.15) is 43.9 Å². The molecule has 1 aromatic heterocycles. The molecule has 2 aromatic rings. The summed E-state index contributed by atoms with van der Waals surface area (Å²) < 4.78 is 0. The van der Waals surface area contributed by atoms with Crippen molar-refractivity contribution in [3.05, 3.63) is 35.5 Å². The number of fused-ring (bicyclic) bond motifs is 1. The van der Waals surface area contributed by atoms with Gasteiger partial charge in [0.05, 0.1) is 0 Å². The van der Waals surface area contributed by atoms with E-state index in [9.17, 15) is 0 Å². The number of hydrogen-bond acceptors (Lipinski definition) is 0. The Kier molecular flexibility index (Phi) is 2.81. The van der Waals surface area contributed by atoms with E-state index in [0.717, 1.165) is 5.92 Å². The first-order valence-electron chi connectivity index (χ1n) is 5.93. The summed E-state index contributed by atoms with van der Waals surface area (Å²) in [6, 6.07) is 8.86. The van der Waals surface area contributed by atoms with E-state index in [2.05, 4.69) is 36.2 Å². The van der Waals surface area contributed by atoms with Crippen LogP contribution in [0.4, 0.5) is 0 Å². The van der Waals surface area contributed by atoms with Gasteiger partial charge in [0.2, 0.25) is 0 Å². The first kappa shape index (κ1) is 10.3. The molecule has 1 nitrogen and oxygen atoms in total. The van der Waals surface area contributed by atoms with Gasteiger partial charge in [-0.15, -0.1) is 0 Å². The average Bonchev–Trinajstić information content (AvgIpc) is 3.02. The summed E-state index contributed by atoms with van der Waals surface area (Å²) in [5, 5.41) is 1.43. The lowest BCUT2D eigenvalue weighted by Gasteiger charge is -1.98. The first-order chi connectivity index (χ1) is 7.34. The molecule has 1 saturated carbocycles. The van der Waals surface area contributed by atoms with Crippen LogP contribution in [0, 0.1) is 6.92 Å². The number of aromatic amines is 1. The average molecular weight is 201 g/mol. The van der Waals surface area contributed by atoms with Gasteiger partial charge in [-0.1, -0.05) is 26.0 Å². The number of aryl methyl sites for hydroxylation is 1. The summed E-state index contributed by atoms with van der Waals surface area (Å²) in [6.07, 6.45) is 2.76. The minimum Gasteiger partial charge on any atom is -0.359 e. The molecule has 0 aliphatic heterocycles. The smallest absolute Gasteiger partial charge is 0.0458 e. The highest BCUT2D eigenvalue weighted by Gasteiger charge is 2.25. The number of hydrogen-bond donors (Lipinski definition) is 1. The molecule has 3 rings (SSSR count). The van der Waals surface area contributed by atoms with Gasteiger partial charge in [-0.2, -0.15) is 0 Å². The summed E-state index contributed by atoms with van der Waals surface area (Å²) in [4.78, 5) is 3.38. The van der Waals surface area contributed by atoms with Crippen LogP contribution in [-0.2, 0) is 0 Å². The minimum atomic E-state index is 0.846. The van der Waals surface area contributed by atoms with Crippen LogP contribution in [0.2, 0.25) is 0 Å². The maximum absolute atomic E-state index is 3.38. The third kappa shape index (κ3) is 1.92. The van der Waals surface area contributed by atoms with E-state index in [-0.39, 0.29) is 0 Å². The standard InChI is InChI=1S/C12H13N.C2H6/c1-8-7-11-10(9-5-6-9)3-2-4-12(11)13-8;1-2/h2-4,7,9,13H,5-6H2,1H3;1-2H3. The third-order valence-electron chi connectivity index (χ3n) is 2.85. The van der Waals surface area contributed by atoms with Crippen molar-refractivity contribution in [2.24, 2.45) is 0 Å². The SMILES string of the molecule is CC.Cc1cc2c(C3CC3)cccc2[nH]1. The summed E-state index contributed by atoms with van der Waals surface area (Å²) >= 11 is 0. The van der Waals surface area contributed by atoms with Crippen LogP contribution in [0.3, 0.4) is 0 Å². The molecule has 0 saturated heterocycles. The van der Waals surface area contributed by atoms with E-state index in [1.807, 2.05) is 13.8 Å². The molecule has 1 aliphatic rings. The minimum absolute atomic E-state index is 0.846. The van der Waals surface area contributed by atoms with Crippen LogP contribution in [0.5, 0.6) is 0 Å². The van der Waals surface area contributed by atoms with Crippen molar-refractivity contribution in [2.45, 2.75) is 39.5 Å². The molecule has 0 unspecified atom stereocenters. The van der Waals surface area contributed by atoms with Gasteiger partial charge in [-0.05, 0) is 43.4 Å². The predicted octanol–water partition coefficient (Wildman–Crippen LogP) is 4.38. The van der Waals surface area contributed by atoms with E-state index in [4.69, 9.17) is 0 Å². The Labute approximate surface area is 91.5 Å². The fourth-order valence-electron chi connectivity index (χ4n) is 2.07. The van der Waals surface area contributed by atoms with Crippen molar-refractivity contribution >= 4 is 10.9 Å². The molecule has 0 amide bonds. The van der Waals surface area contributed by atoms with Crippen molar-refractivity contribution in [1.29, 1.82) is 0 Å². The Morgan fingerprint density at radius 2 is 1.93 bits per heavy atom. The lowest BCUT2D eigenvalue weighted by atomic mass is 10.1. The van der Waals surface area contributed by atoms with E-state index in [0.29, 0.717) is 0 Å². The summed E-state index contributed by atoms with van der Waals surface area (Å²) in [5.74, 6) is 0.846. The number of aromatic nitrogens is 1. The van der Waals surface area contributed by atoms with Crippen molar-refractivity contribution in [3.8, 4) is 0 Å². The van der Waals surface area contributed by atoms with Crippen molar-refractivity contribution in [2.75, 3.05) is 0 Å². The molecule has 1 heterocycles. The van der Waals surface area contributed by atoms with Crippen LogP contribution in [0.25, 0.3) is 10.9 Å². The van der Waals surface area contributed by atoms with Gasteiger partial charge in [0.25, 0.3) is 0 Å². The summed E-state index contributed by atoms with van der Waals surface area (Å²) in [5.41, 5.74) is 4.10. The van der Waals surface area contributed by atoms with Crippen LogP contribution in [0.15, 0.2) is 24.3 Å². The molecule has 0 atom stereocenters. The molecule has 15 heavy (non-hydrogen) atoms. The van der Waals surface area contributed by atoms with Crippen molar-refractivity contribution in [3.63, 3.8) is 0 Å². The zero-order chi connectivity index (χ0) is 10.8. The fourth-order valence-corrected chi connectivity index (χ4v) is 2.07. The van der Waals surface area contributed by atoms with Crippen LogP contribution >= 0.6 is 0 Å². The van der Waals surface area contributed by atoms with Crippen molar-refractivity contribution < 1.29 is 0 Å². The lowest BCUT2D eigenvalue weighted by Crippen LogP contribution is -1.78. The highest BCUT2D eigenvalue weighted by atomic mass is 14.7. The molecule has 1 fully saturated rings. The highest BCUT2D eigenvalue weighted by molar-refractivity contribution is 5.84. The molecule has 0 radical (unpaired) electrons. The van der Waals surface area contributed by atoms with Gasteiger partial charge >= 0.3 is 0 Å². The maximum Gasteiger partial charge on any atom is 0.0458 e. The van der Waals surface area contributed by atoms with Gasteiger partial charge < -0.3 is 4.98 Å². The molecule has 80 valence electrons. The molecule has 1 N–H and O–H groups in total. The Bertz CT molecular complexity index is 449.